The molecule has 2 aliphatic rings. The second-order valence-corrected chi connectivity index (χ2v) is 17.1. The SMILES string of the molecule is CC(C)c1cc(Oc2ccc3cc(C(C)(C)C)cc(O)c3n2)[c-]c(C2=N[C@H]3CCCCC(C)(C)[C@H]3N2c2c(C(C)C)cccc2C(C)C)c1.[Pt]. The Kier molecular flexibility index (Phi) is 11.0. The summed E-state index contributed by atoms with van der Waals surface area (Å²) in [7, 11) is 0. The fourth-order valence-electron chi connectivity index (χ4n) is 7.88. The zero-order valence-electron chi connectivity index (χ0n) is 31.9. The molecule has 0 amide bonds. The van der Waals surface area contributed by atoms with Crippen LogP contribution in [0.2, 0.25) is 0 Å². The number of phenols is 1. The van der Waals surface area contributed by atoms with Crippen molar-refractivity contribution in [2.75, 3.05) is 4.90 Å². The van der Waals surface area contributed by atoms with Gasteiger partial charge in [-0.05, 0) is 76.3 Å². The number of amidine groups is 1. The second kappa shape index (κ2) is 14.5. The molecule has 2 heterocycles. The van der Waals surface area contributed by atoms with E-state index in [1.54, 1.807) is 0 Å². The van der Waals surface area contributed by atoms with E-state index in [2.05, 4.69) is 124 Å². The van der Waals surface area contributed by atoms with Gasteiger partial charge >= 0.3 is 0 Å². The van der Waals surface area contributed by atoms with Crippen LogP contribution in [0.1, 0.15) is 147 Å². The van der Waals surface area contributed by atoms with E-state index in [0.717, 1.165) is 34.3 Å². The molecule has 50 heavy (non-hydrogen) atoms. The van der Waals surface area contributed by atoms with Gasteiger partial charge in [0.25, 0.3) is 0 Å². The molecule has 1 aromatic heterocycles. The minimum atomic E-state index is -0.0855. The number of aliphatic imine (C=N–C) groups is 1. The van der Waals surface area contributed by atoms with E-state index >= 15 is 0 Å². The molecule has 6 rings (SSSR count). The fourth-order valence-corrected chi connectivity index (χ4v) is 7.88. The van der Waals surface area contributed by atoms with Gasteiger partial charge in [-0.2, -0.15) is 0 Å². The van der Waals surface area contributed by atoms with E-state index in [-0.39, 0.29) is 55.6 Å². The molecule has 1 saturated carbocycles. The molecule has 0 spiro atoms. The third-order valence-corrected chi connectivity index (χ3v) is 10.7. The summed E-state index contributed by atoms with van der Waals surface area (Å²) in [4.78, 5) is 13.0. The van der Waals surface area contributed by atoms with Gasteiger partial charge in [0.2, 0.25) is 5.88 Å². The summed E-state index contributed by atoms with van der Waals surface area (Å²) in [5, 5.41) is 11.9. The maximum Gasteiger partial charge on any atom is 0.217 e. The van der Waals surface area contributed by atoms with Crippen molar-refractivity contribution in [3.63, 3.8) is 0 Å². The molecule has 5 nitrogen and oxygen atoms in total. The summed E-state index contributed by atoms with van der Waals surface area (Å²) in [6, 6.07) is 23.1. The number of aromatic hydroxyl groups is 1. The van der Waals surface area contributed by atoms with Gasteiger partial charge in [-0.3, -0.25) is 0 Å². The van der Waals surface area contributed by atoms with Crippen LogP contribution in [0.15, 0.2) is 59.6 Å². The Morgan fingerprint density at radius 2 is 1.58 bits per heavy atom. The van der Waals surface area contributed by atoms with E-state index in [4.69, 9.17) is 14.7 Å². The predicted octanol–water partition coefficient (Wildman–Crippen LogP) is 11.8. The monoisotopic (exact) mass is 853 g/mol. The Morgan fingerprint density at radius 1 is 0.900 bits per heavy atom. The molecular formula is C44H56N3O2Pt-. The van der Waals surface area contributed by atoms with E-state index in [1.165, 1.54) is 36.1 Å². The van der Waals surface area contributed by atoms with Gasteiger partial charge in [0.05, 0.1) is 17.9 Å². The van der Waals surface area contributed by atoms with E-state index in [0.29, 0.717) is 29.0 Å². The Bertz CT molecular complexity index is 1860. The van der Waals surface area contributed by atoms with Crippen LogP contribution >= 0.6 is 0 Å². The molecule has 0 bridgehead atoms. The number of phenolic OH excluding ortho intramolecular Hbond substituents is 1. The Morgan fingerprint density at radius 3 is 2.20 bits per heavy atom. The molecule has 1 fully saturated rings. The van der Waals surface area contributed by atoms with Crippen molar-refractivity contribution in [3.05, 3.63) is 88.5 Å². The molecule has 6 heteroatoms. The van der Waals surface area contributed by atoms with E-state index in [9.17, 15) is 5.11 Å². The van der Waals surface area contributed by atoms with Gasteiger partial charge in [0.15, 0.2) is 0 Å². The van der Waals surface area contributed by atoms with Gasteiger partial charge in [-0.1, -0.05) is 119 Å². The van der Waals surface area contributed by atoms with Crippen LogP contribution in [-0.4, -0.2) is 28.0 Å². The van der Waals surface area contributed by atoms with Crippen LogP contribution < -0.4 is 9.64 Å². The molecule has 0 radical (unpaired) electrons. The number of fused-ring (bicyclic) bond motifs is 2. The van der Waals surface area contributed by atoms with Crippen molar-refractivity contribution in [1.82, 2.24) is 4.98 Å². The van der Waals surface area contributed by atoms with Crippen molar-refractivity contribution >= 4 is 22.4 Å². The number of anilines is 1. The van der Waals surface area contributed by atoms with E-state index < -0.39 is 0 Å². The number of hydrogen-bond acceptors (Lipinski definition) is 5. The summed E-state index contributed by atoms with van der Waals surface area (Å²) in [5.74, 6) is 3.19. The van der Waals surface area contributed by atoms with Crippen LogP contribution in [0.25, 0.3) is 10.9 Å². The van der Waals surface area contributed by atoms with Crippen molar-refractivity contribution < 1.29 is 30.9 Å². The first kappa shape index (κ1) is 38.1. The van der Waals surface area contributed by atoms with Crippen molar-refractivity contribution in [3.8, 4) is 17.4 Å². The summed E-state index contributed by atoms with van der Waals surface area (Å²) < 4.78 is 6.52. The molecule has 4 aromatic rings. The van der Waals surface area contributed by atoms with Crippen LogP contribution in [-0.2, 0) is 26.5 Å². The van der Waals surface area contributed by atoms with Gasteiger partial charge in [-0.15, -0.1) is 17.2 Å². The Labute approximate surface area is 315 Å². The van der Waals surface area contributed by atoms with Crippen LogP contribution in [0, 0.1) is 11.5 Å². The molecule has 1 aliphatic carbocycles. The maximum absolute atomic E-state index is 11.0. The molecule has 1 aliphatic heterocycles. The summed E-state index contributed by atoms with van der Waals surface area (Å²) in [6.07, 6.45) is 4.69. The Balaban J connectivity index is 0.00000486. The van der Waals surface area contributed by atoms with E-state index in [1.807, 2.05) is 18.2 Å². The zero-order chi connectivity index (χ0) is 35.4. The molecule has 2 atom stereocenters. The number of nitrogens with zero attached hydrogens (tertiary/aromatic N) is 3. The van der Waals surface area contributed by atoms with Gasteiger partial charge < -0.3 is 19.7 Å². The second-order valence-electron chi connectivity index (χ2n) is 17.1. The van der Waals surface area contributed by atoms with Gasteiger partial charge in [0.1, 0.15) is 11.3 Å². The molecule has 270 valence electrons. The third kappa shape index (κ3) is 7.41. The number of benzene rings is 3. The van der Waals surface area contributed by atoms with Gasteiger partial charge in [-0.25, -0.2) is 4.98 Å². The molecule has 1 N–H and O–H groups in total. The quantitative estimate of drug-likeness (QED) is 0.188. The maximum atomic E-state index is 11.0. The smallest absolute Gasteiger partial charge is 0.217 e. The van der Waals surface area contributed by atoms with Crippen molar-refractivity contribution in [1.29, 1.82) is 0 Å². The average molecular weight is 854 g/mol. The molecule has 3 aromatic carbocycles. The van der Waals surface area contributed by atoms with Crippen LogP contribution in [0.4, 0.5) is 5.69 Å². The number of pyridine rings is 1. The minimum absolute atomic E-state index is 0. The third-order valence-electron chi connectivity index (χ3n) is 10.7. The Hall–Kier alpha value is -3.17. The summed E-state index contributed by atoms with van der Waals surface area (Å²) in [5.41, 5.74) is 7.76. The summed E-state index contributed by atoms with van der Waals surface area (Å²) in [6.45, 7) is 25.0. The largest absolute Gasteiger partial charge is 0.506 e. The van der Waals surface area contributed by atoms with Crippen LogP contribution in [0.5, 0.6) is 17.4 Å². The standard InChI is InChI=1S/C44H56N3O2.Pt/c1-26(2)30-21-31(24-33(23-30)49-38-19-18-29-22-32(43(7,8)9)25-37(48)39(29)46-38)42-45-36-17-12-13-20-44(10,11)41(36)47(42)40-34(27(3)4)15-14-16-35(40)28(5)6;/h14-16,18-19,21-23,25-28,36,41,48H,12-13,17,20H2,1-11H3;/q-1;/t36-,41-;/m0./s1. The fraction of sp³-hybridized carbons (Fsp3) is 0.500. The molecule has 0 saturated heterocycles. The first-order chi connectivity index (χ1) is 23.0. The average Bonchev–Trinajstić information content (AvgIpc) is 3.35. The van der Waals surface area contributed by atoms with Crippen molar-refractivity contribution in [2.24, 2.45) is 10.4 Å². The number of hydrogen-bond donors (Lipinski definition) is 1. The first-order valence-electron chi connectivity index (χ1n) is 18.4. The topological polar surface area (TPSA) is 58.0 Å². The van der Waals surface area contributed by atoms with Gasteiger partial charge in [0, 0.05) is 44.0 Å². The summed E-state index contributed by atoms with van der Waals surface area (Å²) >= 11 is 0. The minimum Gasteiger partial charge on any atom is -0.506 e. The number of aromatic nitrogens is 1. The van der Waals surface area contributed by atoms with Crippen molar-refractivity contribution in [2.45, 2.75) is 137 Å². The zero-order valence-corrected chi connectivity index (χ0v) is 34.2. The number of para-hydroxylation sites is 1. The van der Waals surface area contributed by atoms with Crippen LogP contribution in [0.3, 0.4) is 0 Å². The normalized spacial score (nSPS) is 19.1. The molecular weight excluding hydrogens is 798 g/mol. The number of rotatable bonds is 7. The molecule has 0 unspecified atom stereocenters. The number of ether oxygens (including phenoxy) is 1. The first-order valence-corrected chi connectivity index (χ1v) is 18.4. The predicted molar refractivity (Wildman–Crippen MR) is 205 cm³/mol.